The molecule has 0 aliphatic rings. The number of carbonyl (C=O) groups excluding carboxylic acids is 1. The Hall–Kier alpha value is -3.27. The first-order valence-electron chi connectivity index (χ1n) is 7.26. The molecular formula is C19H13N3O. The fraction of sp³-hybridized carbons (Fsp3) is 0. The maximum absolute atomic E-state index is 11.1. The van der Waals surface area contributed by atoms with Gasteiger partial charge in [-0.15, -0.1) is 0 Å². The number of nitrogens with zero attached hydrogens (tertiary/aromatic N) is 2. The molecule has 0 bridgehead atoms. The van der Waals surface area contributed by atoms with E-state index in [0.29, 0.717) is 16.8 Å². The van der Waals surface area contributed by atoms with Crippen molar-refractivity contribution in [2.24, 2.45) is 0 Å². The highest BCUT2D eigenvalue weighted by molar-refractivity contribution is 6.00. The van der Waals surface area contributed by atoms with Gasteiger partial charge in [-0.1, -0.05) is 36.4 Å². The minimum atomic E-state index is 0.410. The van der Waals surface area contributed by atoms with Crippen LogP contribution >= 0.6 is 0 Å². The molecule has 4 aromatic rings. The molecule has 0 saturated heterocycles. The largest absolute Gasteiger partial charge is 0.396 e. The molecule has 110 valence electrons. The van der Waals surface area contributed by atoms with Crippen LogP contribution in [0.2, 0.25) is 0 Å². The van der Waals surface area contributed by atoms with Crippen LogP contribution in [-0.2, 0) is 0 Å². The summed E-state index contributed by atoms with van der Waals surface area (Å²) >= 11 is 0. The number of hydrogen-bond donors (Lipinski definition) is 1. The molecule has 4 heteroatoms. The zero-order chi connectivity index (χ0) is 15.8. The molecule has 2 N–H and O–H groups in total. The van der Waals surface area contributed by atoms with Gasteiger partial charge < -0.3 is 5.73 Å². The van der Waals surface area contributed by atoms with E-state index in [1.165, 1.54) is 0 Å². The van der Waals surface area contributed by atoms with Crippen LogP contribution in [0.15, 0.2) is 60.8 Å². The number of nitrogen functional groups attached to an aromatic ring is 1. The molecular weight excluding hydrogens is 286 g/mol. The maximum atomic E-state index is 11.1. The molecule has 23 heavy (non-hydrogen) atoms. The Morgan fingerprint density at radius 2 is 1.65 bits per heavy atom. The summed E-state index contributed by atoms with van der Waals surface area (Å²) < 4.78 is 0. The molecule has 2 aromatic heterocycles. The molecule has 4 rings (SSSR count). The summed E-state index contributed by atoms with van der Waals surface area (Å²) in [5.41, 5.74) is 10.2. The zero-order valence-corrected chi connectivity index (χ0v) is 12.2. The Morgan fingerprint density at radius 1 is 0.870 bits per heavy atom. The van der Waals surface area contributed by atoms with Crippen molar-refractivity contribution in [2.45, 2.75) is 0 Å². The monoisotopic (exact) mass is 299 g/mol. The number of pyridine rings is 2. The second-order valence-corrected chi connectivity index (χ2v) is 5.34. The molecule has 0 aliphatic carbocycles. The second kappa shape index (κ2) is 5.18. The van der Waals surface area contributed by atoms with Crippen LogP contribution in [-0.4, -0.2) is 16.3 Å². The van der Waals surface area contributed by atoms with E-state index < -0.39 is 0 Å². The van der Waals surface area contributed by atoms with E-state index in [9.17, 15) is 4.79 Å². The van der Waals surface area contributed by atoms with E-state index in [4.69, 9.17) is 5.73 Å². The Kier molecular flexibility index (Phi) is 3.01. The van der Waals surface area contributed by atoms with Crippen LogP contribution in [0.4, 0.5) is 5.69 Å². The van der Waals surface area contributed by atoms with Crippen molar-refractivity contribution in [3.05, 3.63) is 66.4 Å². The third kappa shape index (κ3) is 2.12. The molecule has 0 unspecified atom stereocenters. The highest BCUT2D eigenvalue weighted by Crippen LogP contribution is 2.29. The molecule has 0 atom stereocenters. The van der Waals surface area contributed by atoms with Crippen LogP contribution in [0.3, 0.4) is 0 Å². The van der Waals surface area contributed by atoms with Crippen LogP contribution in [0.25, 0.3) is 33.1 Å². The summed E-state index contributed by atoms with van der Waals surface area (Å²) in [6.45, 7) is 0. The number of aldehydes is 1. The summed E-state index contributed by atoms with van der Waals surface area (Å²) in [7, 11) is 0. The van der Waals surface area contributed by atoms with Gasteiger partial charge in [-0.3, -0.25) is 9.78 Å². The molecule has 0 aliphatic heterocycles. The average Bonchev–Trinajstić information content (AvgIpc) is 2.61. The van der Waals surface area contributed by atoms with Crippen LogP contribution in [0.5, 0.6) is 0 Å². The number of fused-ring (bicyclic) bond motifs is 2. The normalized spacial score (nSPS) is 11.0. The number of hydrogen-bond acceptors (Lipinski definition) is 4. The van der Waals surface area contributed by atoms with Gasteiger partial charge in [0.15, 0.2) is 6.29 Å². The number of rotatable bonds is 2. The van der Waals surface area contributed by atoms with E-state index in [1.807, 2.05) is 48.5 Å². The molecule has 0 radical (unpaired) electrons. The Labute approximate surface area is 132 Å². The molecule has 2 heterocycles. The Bertz CT molecular complexity index is 1050. The minimum Gasteiger partial charge on any atom is -0.396 e. The van der Waals surface area contributed by atoms with Gasteiger partial charge in [0.05, 0.1) is 22.4 Å². The molecule has 4 nitrogen and oxygen atoms in total. The lowest BCUT2D eigenvalue weighted by atomic mass is 10.0. The summed E-state index contributed by atoms with van der Waals surface area (Å²) in [4.78, 5) is 20.2. The van der Waals surface area contributed by atoms with E-state index in [0.717, 1.165) is 33.8 Å². The summed E-state index contributed by atoms with van der Waals surface area (Å²) in [6, 6.07) is 17.4. The highest BCUT2D eigenvalue weighted by atomic mass is 16.1. The lowest BCUT2D eigenvalue weighted by molar-refractivity contribution is 0.112. The van der Waals surface area contributed by atoms with Crippen LogP contribution < -0.4 is 5.73 Å². The SMILES string of the molecule is Nc1c(C=O)ccc2ccc(-c3cccc4cccnc34)nc12. The van der Waals surface area contributed by atoms with E-state index in [-0.39, 0.29) is 0 Å². The van der Waals surface area contributed by atoms with Crippen molar-refractivity contribution in [3.8, 4) is 11.3 Å². The summed E-state index contributed by atoms with van der Waals surface area (Å²) in [6.07, 6.45) is 2.52. The number of anilines is 1. The standard InChI is InChI=1S/C19H13N3O/c20-17-14(11-23)7-6-13-8-9-16(22-19(13)17)15-5-1-3-12-4-2-10-21-18(12)15/h1-11H,20H2. The van der Waals surface area contributed by atoms with Crippen molar-refractivity contribution in [3.63, 3.8) is 0 Å². The van der Waals surface area contributed by atoms with E-state index in [1.54, 1.807) is 12.3 Å². The van der Waals surface area contributed by atoms with Gasteiger partial charge in [0.1, 0.15) is 0 Å². The highest BCUT2D eigenvalue weighted by Gasteiger charge is 2.10. The van der Waals surface area contributed by atoms with Crippen LogP contribution in [0.1, 0.15) is 10.4 Å². The number of carbonyl (C=O) groups is 1. The predicted octanol–water partition coefficient (Wildman–Crippen LogP) is 3.84. The zero-order valence-electron chi connectivity index (χ0n) is 12.2. The Morgan fingerprint density at radius 3 is 2.52 bits per heavy atom. The predicted molar refractivity (Wildman–Crippen MR) is 92.3 cm³/mol. The fourth-order valence-corrected chi connectivity index (χ4v) is 2.79. The van der Waals surface area contributed by atoms with E-state index in [2.05, 4.69) is 9.97 Å². The van der Waals surface area contributed by atoms with Crippen molar-refractivity contribution in [1.82, 2.24) is 9.97 Å². The first kappa shape index (κ1) is 13.4. The number of benzene rings is 2. The van der Waals surface area contributed by atoms with Gasteiger partial charge in [-0.25, -0.2) is 4.98 Å². The van der Waals surface area contributed by atoms with Crippen LogP contribution in [0, 0.1) is 0 Å². The molecule has 0 amide bonds. The molecule has 0 spiro atoms. The molecule has 0 saturated carbocycles. The average molecular weight is 299 g/mol. The van der Waals surface area contributed by atoms with Gasteiger partial charge >= 0.3 is 0 Å². The second-order valence-electron chi connectivity index (χ2n) is 5.34. The molecule has 0 fully saturated rings. The van der Waals surface area contributed by atoms with Crippen molar-refractivity contribution in [2.75, 3.05) is 5.73 Å². The number of nitrogens with two attached hydrogens (primary N) is 1. The minimum absolute atomic E-state index is 0.410. The Balaban J connectivity index is 2.01. The van der Waals surface area contributed by atoms with Gasteiger partial charge in [-0.05, 0) is 18.2 Å². The smallest absolute Gasteiger partial charge is 0.152 e. The fourth-order valence-electron chi connectivity index (χ4n) is 2.79. The quantitative estimate of drug-likeness (QED) is 0.451. The van der Waals surface area contributed by atoms with Crippen molar-refractivity contribution in [1.29, 1.82) is 0 Å². The lowest BCUT2D eigenvalue weighted by Gasteiger charge is -2.08. The van der Waals surface area contributed by atoms with Gasteiger partial charge in [0, 0.05) is 28.1 Å². The maximum Gasteiger partial charge on any atom is 0.152 e. The summed E-state index contributed by atoms with van der Waals surface area (Å²) in [5.74, 6) is 0. The summed E-state index contributed by atoms with van der Waals surface area (Å²) in [5, 5.41) is 1.96. The van der Waals surface area contributed by atoms with Gasteiger partial charge in [0.25, 0.3) is 0 Å². The topological polar surface area (TPSA) is 68.9 Å². The third-order valence-electron chi connectivity index (χ3n) is 3.97. The van der Waals surface area contributed by atoms with Gasteiger partial charge in [-0.2, -0.15) is 0 Å². The third-order valence-corrected chi connectivity index (χ3v) is 3.97. The first-order chi connectivity index (χ1) is 11.3. The molecule has 2 aromatic carbocycles. The van der Waals surface area contributed by atoms with Crippen molar-refractivity contribution < 1.29 is 4.79 Å². The van der Waals surface area contributed by atoms with Crippen molar-refractivity contribution >= 4 is 33.8 Å². The number of para-hydroxylation sites is 1. The number of aromatic nitrogens is 2. The van der Waals surface area contributed by atoms with E-state index >= 15 is 0 Å². The lowest BCUT2D eigenvalue weighted by Crippen LogP contribution is -1.97. The first-order valence-corrected chi connectivity index (χ1v) is 7.26. The van der Waals surface area contributed by atoms with Gasteiger partial charge in [0.2, 0.25) is 0 Å².